The molecule has 3 heteroatoms. The van der Waals surface area contributed by atoms with Gasteiger partial charge in [-0.05, 0) is 46.1 Å². The molecule has 0 saturated heterocycles. The Hall–Kier alpha value is -1.77. The van der Waals surface area contributed by atoms with Crippen LogP contribution in [-0.4, -0.2) is 5.11 Å². The molecular weight excluding hydrogens is 248 g/mol. The molecule has 0 aliphatic heterocycles. The van der Waals surface area contributed by atoms with Crippen molar-refractivity contribution in [2.75, 3.05) is 0 Å². The number of fused-ring (bicyclic) bond motifs is 1. The van der Waals surface area contributed by atoms with Crippen molar-refractivity contribution in [2.45, 2.75) is 6.10 Å². The predicted molar refractivity (Wildman–Crippen MR) is 71.7 cm³/mol. The number of rotatable bonds is 2. The normalized spacial score (nSPS) is 12.8. The summed E-state index contributed by atoms with van der Waals surface area (Å²) in [5.74, 6) is 0.454. The van der Waals surface area contributed by atoms with E-state index in [0.717, 1.165) is 16.3 Å². The van der Waals surface area contributed by atoms with Gasteiger partial charge in [0.05, 0.1) is 0 Å². The second-order valence-electron chi connectivity index (χ2n) is 4.15. The minimum absolute atomic E-state index is 0.282. The Labute approximate surface area is 109 Å². The Morgan fingerprint density at radius 3 is 2.44 bits per heavy atom. The van der Waals surface area contributed by atoms with E-state index in [4.69, 9.17) is 16.0 Å². The zero-order chi connectivity index (χ0) is 12.5. The van der Waals surface area contributed by atoms with Crippen LogP contribution in [0.2, 0.25) is 5.22 Å². The predicted octanol–water partition coefficient (Wildman–Crippen LogP) is 4.17. The van der Waals surface area contributed by atoms with Crippen molar-refractivity contribution in [1.29, 1.82) is 0 Å². The first-order valence-electron chi connectivity index (χ1n) is 5.66. The van der Waals surface area contributed by atoms with Crippen LogP contribution < -0.4 is 0 Å². The van der Waals surface area contributed by atoms with Crippen LogP contribution >= 0.6 is 11.6 Å². The van der Waals surface area contributed by atoms with Crippen LogP contribution in [0.5, 0.6) is 0 Å². The molecule has 2 aromatic carbocycles. The summed E-state index contributed by atoms with van der Waals surface area (Å²) in [6.07, 6.45) is -0.790. The summed E-state index contributed by atoms with van der Waals surface area (Å²) in [4.78, 5) is 0. The van der Waals surface area contributed by atoms with Gasteiger partial charge in [0.15, 0.2) is 5.22 Å². The topological polar surface area (TPSA) is 33.4 Å². The van der Waals surface area contributed by atoms with E-state index in [1.165, 1.54) is 0 Å². The monoisotopic (exact) mass is 258 g/mol. The van der Waals surface area contributed by atoms with E-state index in [9.17, 15) is 5.11 Å². The number of furan rings is 1. The van der Waals surface area contributed by atoms with Gasteiger partial charge in [-0.25, -0.2) is 0 Å². The summed E-state index contributed by atoms with van der Waals surface area (Å²) < 4.78 is 5.23. The molecule has 0 bridgehead atoms. The molecule has 1 atom stereocenters. The van der Waals surface area contributed by atoms with Crippen molar-refractivity contribution in [3.63, 3.8) is 0 Å². The molecule has 0 aliphatic rings. The third kappa shape index (κ3) is 2.01. The quantitative estimate of drug-likeness (QED) is 0.748. The first-order chi connectivity index (χ1) is 8.74. The Balaban J connectivity index is 2.03. The summed E-state index contributed by atoms with van der Waals surface area (Å²) in [7, 11) is 0. The van der Waals surface area contributed by atoms with Gasteiger partial charge >= 0.3 is 0 Å². The molecule has 0 spiro atoms. The first kappa shape index (κ1) is 11.3. The van der Waals surface area contributed by atoms with Crippen molar-refractivity contribution < 1.29 is 9.52 Å². The molecule has 0 amide bonds. The zero-order valence-electron chi connectivity index (χ0n) is 9.51. The molecule has 0 saturated carbocycles. The van der Waals surface area contributed by atoms with Gasteiger partial charge in [-0.1, -0.05) is 36.4 Å². The Morgan fingerprint density at radius 1 is 0.944 bits per heavy atom. The molecule has 1 unspecified atom stereocenters. The van der Waals surface area contributed by atoms with E-state index in [1.54, 1.807) is 12.1 Å². The zero-order valence-corrected chi connectivity index (χ0v) is 10.3. The second kappa shape index (κ2) is 4.48. The van der Waals surface area contributed by atoms with Crippen LogP contribution in [0.4, 0.5) is 0 Å². The maximum atomic E-state index is 10.2. The molecule has 18 heavy (non-hydrogen) atoms. The van der Waals surface area contributed by atoms with E-state index in [2.05, 4.69) is 0 Å². The van der Waals surface area contributed by atoms with Crippen LogP contribution in [-0.2, 0) is 0 Å². The van der Waals surface area contributed by atoms with Gasteiger partial charge in [0.25, 0.3) is 0 Å². The Morgan fingerprint density at radius 2 is 1.72 bits per heavy atom. The van der Waals surface area contributed by atoms with Gasteiger partial charge in [-0.2, -0.15) is 0 Å². The molecule has 1 aromatic heterocycles. The molecule has 3 aromatic rings. The third-order valence-corrected chi connectivity index (χ3v) is 3.16. The molecule has 1 heterocycles. The van der Waals surface area contributed by atoms with Crippen LogP contribution in [0.25, 0.3) is 10.8 Å². The maximum absolute atomic E-state index is 10.2. The lowest BCUT2D eigenvalue weighted by Gasteiger charge is -2.09. The molecule has 90 valence electrons. The maximum Gasteiger partial charge on any atom is 0.193 e. The summed E-state index contributed by atoms with van der Waals surface area (Å²) in [6.45, 7) is 0. The average molecular weight is 259 g/mol. The fraction of sp³-hybridized carbons (Fsp3) is 0.0667. The molecule has 2 nitrogen and oxygen atoms in total. The SMILES string of the molecule is OC(c1ccc2ccccc2c1)c1ccc(Cl)o1. The summed E-state index contributed by atoms with van der Waals surface area (Å²) in [5, 5.41) is 12.7. The smallest absolute Gasteiger partial charge is 0.193 e. The molecular formula is C15H11ClO2. The molecule has 3 rings (SSSR count). The Bertz CT molecular complexity index is 688. The standard InChI is InChI=1S/C15H11ClO2/c16-14-8-7-13(18-14)15(17)12-6-5-10-3-1-2-4-11(10)9-12/h1-9,15,17H. The minimum Gasteiger partial charge on any atom is -0.447 e. The fourth-order valence-corrected chi connectivity index (χ4v) is 2.17. The highest BCUT2D eigenvalue weighted by molar-refractivity contribution is 6.28. The number of aliphatic hydroxyl groups is 1. The van der Waals surface area contributed by atoms with Gasteiger partial charge in [0, 0.05) is 0 Å². The minimum atomic E-state index is -0.790. The molecule has 1 N–H and O–H groups in total. The van der Waals surface area contributed by atoms with Crippen LogP contribution in [0.3, 0.4) is 0 Å². The third-order valence-electron chi connectivity index (χ3n) is 2.95. The van der Waals surface area contributed by atoms with Crippen molar-refractivity contribution in [2.24, 2.45) is 0 Å². The lowest BCUT2D eigenvalue weighted by Crippen LogP contribution is -1.97. The highest BCUT2D eigenvalue weighted by Crippen LogP contribution is 2.27. The van der Waals surface area contributed by atoms with Crippen LogP contribution in [0.1, 0.15) is 17.4 Å². The van der Waals surface area contributed by atoms with E-state index in [1.807, 2.05) is 42.5 Å². The number of hydrogen-bond donors (Lipinski definition) is 1. The van der Waals surface area contributed by atoms with Gasteiger partial charge in [0.1, 0.15) is 11.9 Å². The summed E-state index contributed by atoms with van der Waals surface area (Å²) >= 11 is 5.71. The van der Waals surface area contributed by atoms with Gasteiger partial charge in [-0.15, -0.1) is 0 Å². The van der Waals surface area contributed by atoms with Crippen LogP contribution in [0.15, 0.2) is 59.0 Å². The second-order valence-corrected chi connectivity index (χ2v) is 4.52. The first-order valence-corrected chi connectivity index (χ1v) is 6.04. The Kier molecular flexibility index (Phi) is 2.82. The summed E-state index contributed by atoms with van der Waals surface area (Å²) in [6, 6.07) is 17.2. The van der Waals surface area contributed by atoms with Crippen molar-refractivity contribution in [3.05, 3.63) is 71.1 Å². The van der Waals surface area contributed by atoms with Gasteiger partial charge in [-0.3, -0.25) is 0 Å². The van der Waals surface area contributed by atoms with Crippen molar-refractivity contribution >= 4 is 22.4 Å². The number of benzene rings is 2. The van der Waals surface area contributed by atoms with E-state index in [-0.39, 0.29) is 5.22 Å². The van der Waals surface area contributed by atoms with Crippen molar-refractivity contribution in [3.8, 4) is 0 Å². The highest BCUT2D eigenvalue weighted by atomic mass is 35.5. The van der Waals surface area contributed by atoms with Crippen LogP contribution in [0, 0.1) is 0 Å². The summed E-state index contributed by atoms with van der Waals surface area (Å²) in [5.41, 5.74) is 0.791. The number of aliphatic hydroxyl groups excluding tert-OH is 1. The van der Waals surface area contributed by atoms with Gasteiger partial charge < -0.3 is 9.52 Å². The van der Waals surface area contributed by atoms with E-state index >= 15 is 0 Å². The molecule has 0 fully saturated rings. The fourth-order valence-electron chi connectivity index (χ4n) is 2.02. The lowest BCUT2D eigenvalue weighted by molar-refractivity contribution is 0.189. The largest absolute Gasteiger partial charge is 0.447 e. The number of halogens is 1. The number of hydrogen-bond acceptors (Lipinski definition) is 2. The lowest BCUT2D eigenvalue weighted by atomic mass is 10.0. The highest BCUT2D eigenvalue weighted by Gasteiger charge is 2.14. The van der Waals surface area contributed by atoms with E-state index in [0.29, 0.717) is 5.76 Å². The van der Waals surface area contributed by atoms with Gasteiger partial charge in [0.2, 0.25) is 0 Å². The van der Waals surface area contributed by atoms with E-state index < -0.39 is 6.10 Å². The molecule has 0 aliphatic carbocycles. The van der Waals surface area contributed by atoms with Crippen molar-refractivity contribution in [1.82, 2.24) is 0 Å². The molecule has 0 radical (unpaired) electrons. The average Bonchev–Trinajstić information content (AvgIpc) is 2.84.